The Morgan fingerprint density at radius 2 is 1.82 bits per heavy atom. The van der Waals surface area contributed by atoms with Gasteiger partial charge in [-0.15, -0.1) is 0 Å². The minimum atomic E-state index is -0.295. The molecule has 0 radical (unpaired) electrons. The quantitative estimate of drug-likeness (QED) is 0.687. The van der Waals surface area contributed by atoms with Crippen LogP contribution in [0.2, 0.25) is 0 Å². The Hall–Kier alpha value is -2.88. The number of carbonyl (C=O) groups is 1. The Balaban J connectivity index is 1.85. The number of aromatic nitrogens is 1. The lowest BCUT2D eigenvalue weighted by Crippen LogP contribution is -2.05. The molecule has 4 heteroatoms. The van der Waals surface area contributed by atoms with Crippen molar-refractivity contribution in [2.24, 2.45) is 0 Å². The first-order valence-electron chi connectivity index (χ1n) is 6.94. The van der Waals surface area contributed by atoms with Gasteiger partial charge in [-0.2, -0.15) is 0 Å². The molecule has 4 nitrogen and oxygen atoms in total. The summed E-state index contributed by atoms with van der Waals surface area (Å²) in [7, 11) is 1.37. The minimum Gasteiger partial charge on any atom is -0.469 e. The molecule has 3 aromatic rings. The highest BCUT2D eigenvalue weighted by Gasteiger charge is 2.06. The molecule has 0 fully saturated rings. The van der Waals surface area contributed by atoms with Crippen molar-refractivity contribution in [3.63, 3.8) is 0 Å². The lowest BCUT2D eigenvalue weighted by Gasteiger charge is -2.07. The number of hydrogen-bond donors (Lipinski definition) is 0. The highest BCUT2D eigenvalue weighted by atomic mass is 16.5. The summed E-state index contributed by atoms with van der Waals surface area (Å²) in [5.41, 5.74) is 1.51. The zero-order valence-corrected chi connectivity index (χ0v) is 12.2. The third-order valence-corrected chi connectivity index (χ3v) is 3.25. The molecule has 0 saturated carbocycles. The Morgan fingerprint density at radius 3 is 2.59 bits per heavy atom. The number of esters is 1. The Kier molecular flexibility index (Phi) is 4.01. The van der Waals surface area contributed by atoms with Gasteiger partial charge in [0.1, 0.15) is 11.5 Å². The number of benzene rings is 2. The van der Waals surface area contributed by atoms with Gasteiger partial charge in [0.05, 0.1) is 24.7 Å². The smallest absolute Gasteiger partial charge is 0.311 e. The molecule has 0 atom stereocenters. The van der Waals surface area contributed by atoms with Crippen LogP contribution in [0.15, 0.2) is 60.7 Å². The summed E-state index contributed by atoms with van der Waals surface area (Å²) in [5.74, 6) is 1.24. The van der Waals surface area contributed by atoms with Gasteiger partial charge < -0.3 is 9.47 Å². The number of fused-ring (bicyclic) bond motifs is 1. The molecule has 0 spiro atoms. The Bertz CT molecular complexity index is 800. The standard InChI is InChI=1S/C18H15NO3/c1-21-18(20)12-14-8-7-13-11-16(9-10-17(13)19-14)22-15-5-3-2-4-6-15/h2-11H,12H2,1H3. The fourth-order valence-electron chi connectivity index (χ4n) is 2.15. The molecule has 0 aliphatic carbocycles. The molecule has 1 aromatic heterocycles. The molecule has 0 N–H and O–H groups in total. The molecule has 3 rings (SSSR count). The van der Waals surface area contributed by atoms with E-state index in [1.54, 1.807) is 0 Å². The average Bonchev–Trinajstić information content (AvgIpc) is 2.56. The summed E-state index contributed by atoms with van der Waals surface area (Å²) in [4.78, 5) is 15.7. The van der Waals surface area contributed by atoms with Gasteiger partial charge in [-0.3, -0.25) is 9.78 Å². The largest absolute Gasteiger partial charge is 0.469 e. The van der Waals surface area contributed by atoms with Gasteiger partial charge in [0.2, 0.25) is 0 Å². The molecular formula is C18H15NO3. The van der Waals surface area contributed by atoms with Gasteiger partial charge in [0.15, 0.2) is 0 Å². The third-order valence-electron chi connectivity index (χ3n) is 3.25. The predicted octanol–water partition coefficient (Wildman–Crippen LogP) is 3.74. The topological polar surface area (TPSA) is 48.4 Å². The highest BCUT2D eigenvalue weighted by molar-refractivity contribution is 5.81. The summed E-state index contributed by atoms with van der Waals surface area (Å²) in [6.07, 6.45) is 0.175. The SMILES string of the molecule is COC(=O)Cc1ccc2cc(Oc3ccccc3)ccc2n1. The molecule has 110 valence electrons. The van der Waals surface area contributed by atoms with Crippen LogP contribution in [0.3, 0.4) is 0 Å². The van der Waals surface area contributed by atoms with E-state index in [4.69, 9.17) is 4.74 Å². The van der Waals surface area contributed by atoms with Crippen molar-refractivity contribution in [1.29, 1.82) is 0 Å². The fourth-order valence-corrected chi connectivity index (χ4v) is 2.15. The molecule has 0 bridgehead atoms. The number of methoxy groups -OCH3 is 1. The van der Waals surface area contributed by atoms with Crippen LogP contribution in [0.4, 0.5) is 0 Å². The van der Waals surface area contributed by atoms with Crippen LogP contribution in [0, 0.1) is 0 Å². The van der Waals surface area contributed by atoms with Crippen molar-refractivity contribution in [2.45, 2.75) is 6.42 Å². The van der Waals surface area contributed by atoms with E-state index < -0.39 is 0 Å². The van der Waals surface area contributed by atoms with E-state index in [-0.39, 0.29) is 12.4 Å². The fraction of sp³-hybridized carbons (Fsp3) is 0.111. The van der Waals surface area contributed by atoms with Crippen LogP contribution in [0.5, 0.6) is 11.5 Å². The molecule has 0 aliphatic rings. The number of rotatable bonds is 4. The lowest BCUT2D eigenvalue weighted by molar-refractivity contribution is -0.139. The number of carbonyl (C=O) groups excluding carboxylic acids is 1. The average molecular weight is 293 g/mol. The van der Waals surface area contributed by atoms with E-state index in [9.17, 15) is 4.79 Å². The van der Waals surface area contributed by atoms with Crippen molar-refractivity contribution in [1.82, 2.24) is 4.98 Å². The number of para-hydroxylation sites is 1. The zero-order chi connectivity index (χ0) is 15.4. The van der Waals surface area contributed by atoms with E-state index in [1.807, 2.05) is 60.7 Å². The first-order chi connectivity index (χ1) is 10.7. The zero-order valence-electron chi connectivity index (χ0n) is 12.2. The van der Waals surface area contributed by atoms with E-state index in [1.165, 1.54) is 7.11 Å². The maximum Gasteiger partial charge on any atom is 0.311 e. The molecule has 2 aromatic carbocycles. The number of ether oxygens (including phenoxy) is 2. The molecular weight excluding hydrogens is 278 g/mol. The van der Waals surface area contributed by atoms with Crippen molar-refractivity contribution in [3.05, 3.63) is 66.4 Å². The van der Waals surface area contributed by atoms with Crippen molar-refractivity contribution in [3.8, 4) is 11.5 Å². The molecule has 0 aliphatic heterocycles. The summed E-state index contributed by atoms with van der Waals surface area (Å²) in [5, 5.41) is 0.960. The van der Waals surface area contributed by atoms with Crippen molar-refractivity contribution < 1.29 is 14.3 Å². The van der Waals surface area contributed by atoms with Crippen LogP contribution < -0.4 is 4.74 Å². The van der Waals surface area contributed by atoms with Crippen LogP contribution in [0.25, 0.3) is 10.9 Å². The predicted molar refractivity (Wildman–Crippen MR) is 84.0 cm³/mol. The second-order valence-corrected chi connectivity index (χ2v) is 4.83. The maximum atomic E-state index is 11.3. The first kappa shape index (κ1) is 14.1. The molecule has 0 amide bonds. The van der Waals surface area contributed by atoms with Gasteiger partial charge in [-0.1, -0.05) is 24.3 Å². The summed E-state index contributed by atoms with van der Waals surface area (Å²) in [6, 6.07) is 19.0. The Labute approximate surface area is 128 Å². The van der Waals surface area contributed by atoms with E-state index in [2.05, 4.69) is 9.72 Å². The van der Waals surface area contributed by atoms with Crippen LogP contribution >= 0.6 is 0 Å². The van der Waals surface area contributed by atoms with Gasteiger partial charge in [0.25, 0.3) is 0 Å². The highest BCUT2D eigenvalue weighted by Crippen LogP contribution is 2.25. The normalized spacial score (nSPS) is 10.4. The number of hydrogen-bond acceptors (Lipinski definition) is 4. The summed E-state index contributed by atoms with van der Waals surface area (Å²) >= 11 is 0. The molecule has 0 unspecified atom stereocenters. The Morgan fingerprint density at radius 1 is 1.00 bits per heavy atom. The first-order valence-corrected chi connectivity index (χ1v) is 6.94. The molecule has 0 saturated heterocycles. The summed E-state index contributed by atoms with van der Waals surface area (Å²) < 4.78 is 10.4. The summed E-state index contributed by atoms with van der Waals surface area (Å²) in [6.45, 7) is 0. The lowest BCUT2D eigenvalue weighted by atomic mass is 10.1. The molecule has 22 heavy (non-hydrogen) atoms. The van der Waals surface area contributed by atoms with E-state index in [0.717, 1.165) is 22.4 Å². The van der Waals surface area contributed by atoms with E-state index >= 15 is 0 Å². The van der Waals surface area contributed by atoms with Gasteiger partial charge in [0, 0.05) is 5.39 Å². The van der Waals surface area contributed by atoms with Crippen molar-refractivity contribution >= 4 is 16.9 Å². The monoisotopic (exact) mass is 293 g/mol. The van der Waals surface area contributed by atoms with E-state index in [0.29, 0.717) is 5.69 Å². The number of nitrogens with zero attached hydrogens (tertiary/aromatic N) is 1. The molecule has 1 heterocycles. The van der Waals surface area contributed by atoms with Crippen LogP contribution in [-0.2, 0) is 16.0 Å². The second kappa shape index (κ2) is 6.26. The van der Waals surface area contributed by atoms with Gasteiger partial charge in [-0.25, -0.2) is 0 Å². The van der Waals surface area contributed by atoms with Crippen molar-refractivity contribution in [2.75, 3.05) is 7.11 Å². The third kappa shape index (κ3) is 3.23. The van der Waals surface area contributed by atoms with Gasteiger partial charge >= 0.3 is 5.97 Å². The second-order valence-electron chi connectivity index (χ2n) is 4.83. The van der Waals surface area contributed by atoms with Crippen LogP contribution in [0.1, 0.15) is 5.69 Å². The van der Waals surface area contributed by atoms with Crippen LogP contribution in [-0.4, -0.2) is 18.1 Å². The minimum absolute atomic E-state index is 0.175. The number of pyridine rings is 1. The maximum absolute atomic E-state index is 11.3. The van der Waals surface area contributed by atoms with Gasteiger partial charge in [-0.05, 0) is 36.4 Å².